The number of hydrogen-bond acceptors (Lipinski definition) is 4. The van der Waals surface area contributed by atoms with Crippen LogP contribution in [-0.2, 0) is 13.6 Å². The summed E-state index contributed by atoms with van der Waals surface area (Å²) in [5, 5.41) is 8.32. The molecule has 0 rings (SSSR count). The van der Waals surface area contributed by atoms with Crippen LogP contribution in [0.5, 0.6) is 0 Å². The largest absolute Gasteiger partial charge is 0.330 e. The molecule has 0 amide bonds. The van der Waals surface area contributed by atoms with E-state index in [1.807, 2.05) is 6.07 Å². The molecule has 5 heteroatoms. The fourth-order valence-electron chi connectivity index (χ4n) is 1.07. The van der Waals surface area contributed by atoms with E-state index in [2.05, 4.69) is 0 Å². The van der Waals surface area contributed by atoms with Gasteiger partial charge in [0.15, 0.2) is 0 Å². The van der Waals surface area contributed by atoms with Crippen LogP contribution < -0.4 is 0 Å². The first-order valence-corrected chi connectivity index (χ1v) is 6.66. The van der Waals surface area contributed by atoms with Crippen LogP contribution >= 0.6 is 7.60 Å². The Morgan fingerprint density at radius 1 is 1.21 bits per heavy atom. The van der Waals surface area contributed by atoms with Crippen LogP contribution in [0.2, 0.25) is 0 Å². The predicted octanol–water partition coefficient (Wildman–Crippen LogP) is 2.95. The summed E-state index contributed by atoms with van der Waals surface area (Å²) >= 11 is 0. The Kier molecular flexibility index (Phi) is 7.78. The second-order valence-corrected chi connectivity index (χ2v) is 4.97. The molecule has 0 spiro atoms. The lowest BCUT2D eigenvalue weighted by molar-refractivity contribution is 0.219. The molecule has 0 unspecified atom stereocenters. The van der Waals surface area contributed by atoms with E-state index in [1.54, 1.807) is 13.8 Å². The molecular weight excluding hydrogens is 201 g/mol. The van der Waals surface area contributed by atoms with Crippen molar-refractivity contribution >= 4 is 7.60 Å². The van der Waals surface area contributed by atoms with Gasteiger partial charge in [0.05, 0.1) is 25.4 Å². The fourth-order valence-corrected chi connectivity index (χ4v) is 2.80. The normalized spacial score (nSPS) is 11.2. The van der Waals surface area contributed by atoms with Crippen LogP contribution in [0.4, 0.5) is 0 Å². The second-order valence-electron chi connectivity index (χ2n) is 2.79. The summed E-state index contributed by atoms with van der Waals surface area (Å²) < 4.78 is 22.1. The first kappa shape index (κ1) is 13.6. The summed E-state index contributed by atoms with van der Waals surface area (Å²) in [7, 11) is -2.87. The van der Waals surface area contributed by atoms with E-state index in [0.29, 0.717) is 32.2 Å². The molecule has 14 heavy (non-hydrogen) atoms. The average molecular weight is 219 g/mol. The third-order valence-electron chi connectivity index (χ3n) is 1.62. The maximum absolute atomic E-state index is 11.8. The lowest BCUT2D eigenvalue weighted by Gasteiger charge is -2.16. The minimum Gasteiger partial charge on any atom is -0.309 e. The zero-order valence-corrected chi connectivity index (χ0v) is 9.76. The van der Waals surface area contributed by atoms with Crippen molar-refractivity contribution in [3.8, 4) is 6.07 Å². The highest BCUT2D eigenvalue weighted by atomic mass is 31.2. The molecule has 0 aromatic rings. The number of unbranched alkanes of at least 4 members (excludes halogenated alkanes) is 2. The van der Waals surface area contributed by atoms with Gasteiger partial charge in [-0.3, -0.25) is 4.57 Å². The molecule has 0 atom stereocenters. The summed E-state index contributed by atoms with van der Waals surface area (Å²) in [6.07, 6.45) is 2.38. The van der Waals surface area contributed by atoms with E-state index in [4.69, 9.17) is 14.3 Å². The quantitative estimate of drug-likeness (QED) is 0.465. The van der Waals surface area contributed by atoms with Crippen LogP contribution in [-0.4, -0.2) is 19.4 Å². The maximum Gasteiger partial charge on any atom is 0.330 e. The monoisotopic (exact) mass is 219 g/mol. The van der Waals surface area contributed by atoms with Gasteiger partial charge in [0.1, 0.15) is 0 Å². The molecule has 0 aliphatic rings. The maximum atomic E-state index is 11.8. The van der Waals surface area contributed by atoms with Gasteiger partial charge in [0.2, 0.25) is 0 Å². The number of nitrogens with zero attached hydrogens (tertiary/aromatic N) is 1. The van der Waals surface area contributed by atoms with Gasteiger partial charge in [-0.15, -0.1) is 0 Å². The van der Waals surface area contributed by atoms with Crippen molar-refractivity contribution in [1.82, 2.24) is 0 Å². The summed E-state index contributed by atoms with van der Waals surface area (Å²) in [6.45, 7) is 4.38. The van der Waals surface area contributed by atoms with Gasteiger partial charge in [-0.1, -0.05) is 0 Å². The molecule has 0 bridgehead atoms. The van der Waals surface area contributed by atoms with Crippen molar-refractivity contribution < 1.29 is 13.6 Å². The molecule has 0 saturated carbocycles. The molecule has 82 valence electrons. The lowest BCUT2D eigenvalue weighted by atomic mass is 10.3. The van der Waals surface area contributed by atoms with Crippen LogP contribution in [0, 0.1) is 11.3 Å². The highest BCUT2D eigenvalue weighted by Gasteiger charge is 2.22. The smallest absolute Gasteiger partial charge is 0.309 e. The molecule has 0 aliphatic carbocycles. The van der Waals surface area contributed by atoms with Crippen molar-refractivity contribution in [2.75, 3.05) is 19.4 Å². The van der Waals surface area contributed by atoms with Gasteiger partial charge in [0.25, 0.3) is 0 Å². The molecule has 0 fully saturated rings. The lowest BCUT2D eigenvalue weighted by Crippen LogP contribution is -2.00. The molecule has 0 N–H and O–H groups in total. The third-order valence-corrected chi connectivity index (χ3v) is 3.79. The van der Waals surface area contributed by atoms with Crippen LogP contribution in [0.25, 0.3) is 0 Å². The minimum absolute atomic E-state index is 0.398. The van der Waals surface area contributed by atoms with Gasteiger partial charge in [0, 0.05) is 6.42 Å². The van der Waals surface area contributed by atoms with Crippen molar-refractivity contribution in [3.63, 3.8) is 0 Å². The molecule has 0 aromatic carbocycles. The Balaban J connectivity index is 3.85. The van der Waals surface area contributed by atoms with Gasteiger partial charge >= 0.3 is 7.60 Å². The number of rotatable bonds is 8. The molecule has 0 saturated heterocycles. The van der Waals surface area contributed by atoms with Gasteiger partial charge in [-0.2, -0.15) is 5.26 Å². The SMILES string of the molecule is CCOP(=O)(CCCCC#N)OCC. The van der Waals surface area contributed by atoms with Gasteiger partial charge in [-0.05, 0) is 26.7 Å². The Morgan fingerprint density at radius 3 is 2.21 bits per heavy atom. The van der Waals surface area contributed by atoms with E-state index >= 15 is 0 Å². The van der Waals surface area contributed by atoms with E-state index < -0.39 is 7.60 Å². The second kappa shape index (κ2) is 7.99. The molecule has 4 nitrogen and oxygen atoms in total. The first-order chi connectivity index (χ1) is 6.68. The zero-order chi connectivity index (χ0) is 10.9. The van der Waals surface area contributed by atoms with E-state index in [0.717, 1.165) is 6.42 Å². The Morgan fingerprint density at radius 2 is 1.79 bits per heavy atom. The van der Waals surface area contributed by atoms with E-state index in [9.17, 15) is 4.57 Å². The first-order valence-electron chi connectivity index (χ1n) is 4.93. The summed E-state index contributed by atoms with van der Waals surface area (Å²) in [6, 6.07) is 2.05. The van der Waals surface area contributed by atoms with E-state index in [-0.39, 0.29) is 0 Å². The van der Waals surface area contributed by atoms with Crippen LogP contribution in [0.3, 0.4) is 0 Å². The molecular formula is C9H18NO3P. The van der Waals surface area contributed by atoms with Gasteiger partial charge in [-0.25, -0.2) is 0 Å². The zero-order valence-electron chi connectivity index (χ0n) is 8.86. The molecule has 0 radical (unpaired) electrons. The van der Waals surface area contributed by atoms with Crippen LogP contribution in [0.1, 0.15) is 33.1 Å². The average Bonchev–Trinajstić information content (AvgIpc) is 2.13. The van der Waals surface area contributed by atoms with Crippen molar-refractivity contribution in [2.45, 2.75) is 33.1 Å². The predicted molar refractivity (Wildman–Crippen MR) is 55.2 cm³/mol. The highest BCUT2D eigenvalue weighted by Crippen LogP contribution is 2.48. The molecule has 0 aromatic heterocycles. The molecule has 0 heterocycles. The van der Waals surface area contributed by atoms with Crippen molar-refractivity contribution in [3.05, 3.63) is 0 Å². The summed E-state index contributed by atoms with van der Waals surface area (Å²) in [4.78, 5) is 0. The Bertz CT molecular complexity index is 215. The fraction of sp³-hybridized carbons (Fsp3) is 0.889. The highest BCUT2D eigenvalue weighted by molar-refractivity contribution is 7.53. The topological polar surface area (TPSA) is 59.3 Å². The van der Waals surface area contributed by atoms with Gasteiger partial charge < -0.3 is 9.05 Å². The van der Waals surface area contributed by atoms with Crippen molar-refractivity contribution in [2.24, 2.45) is 0 Å². The van der Waals surface area contributed by atoms with Crippen LogP contribution in [0.15, 0.2) is 0 Å². The number of nitriles is 1. The summed E-state index contributed by atoms with van der Waals surface area (Å²) in [5.41, 5.74) is 0. The minimum atomic E-state index is -2.87. The Labute approximate surface area is 85.7 Å². The third kappa shape index (κ3) is 6.15. The summed E-state index contributed by atoms with van der Waals surface area (Å²) in [5.74, 6) is 0. The Hall–Kier alpha value is -0.360. The van der Waals surface area contributed by atoms with E-state index in [1.165, 1.54) is 0 Å². The standard InChI is InChI=1S/C9H18NO3P/c1-3-12-14(11,13-4-2)9-7-5-6-8-10/h3-7,9H2,1-2H3. The van der Waals surface area contributed by atoms with Crippen molar-refractivity contribution in [1.29, 1.82) is 5.26 Å². The molecule has 0 aliphatic heterocycles. The number of hydrogen-bond donors (Lipinski definition) is 0.